The molecule has 2 aliphatic heterocycles. The summed E-state index contributed by atoms with van der Waals surface area (Å²) >= 11 is 5.02. The van der Waals surface area contributed by atoms with Crippen molar-refractivity contribution in [1.82, 2.24) is 0 Å². The molecular formula is C7H7N5S. The molecular weight excluding hydrogens is 186 g/mol. The summed E-state index contributed by atoms with van der Waals surface area (Å²) in [6, 6.07) is 0. The van der Waals surface area contributed by atoms with Gasteiger partial charge in [-0.15, -0.1) is 0 Å². The van der Waals surface area contributed by atoms with Crippen LogP contribution in [0.4, 0.5) is 0 Å². The Kier molecular flexibility index (Phi) is 1.78. The summed E-state index contributed by atoms with van der Waals surface area (Å²) in [6.07, 6.45) is 1.65. The first-order valence-electron chi connectivity index (χ1n) is 3.67. The molecule has 0 atom stereocenters. The van der Waals surface area contributed by atoms with Gasteiger partial charge in [0.15, 0.2) is 5.84 Å². The van der Waals surface area contributed by atoms with Gasteiger partial charge in [0.05, 0.1) is 5.57 Å². The molecule has 4 N–H and O–H groups in total. The number of amidine groups is 1. The van der Waals surface area contributed by atoms with E-state index in [1.165, 1.54) is 0 Å². The fraction of sp³-hybridized carbons (Fsp3) is 0.143. The first-order chi connectivity index (χ1) is 6.22. The van der Waals surface area contributed by atoms with Gasteiger partial charge in [0, 0.05) is 12.8 Å². The van der Waals surface area contributed by atoms with Crippen LogP contribution in [-0.4, -0.2) is 29.5 Å². The maximum absolute atomic E-state index is 5.49. The smallest absolute Gasteiger partial charge is 0.223 e. The van der Waals surface area contributed by atoms with Gasteiger partial charge >= 0.3 is 0 Å². The molecule has 0 unspecified atom stereocenters. The molecule has 0 fully saturated rings. The van der Waals surface area contributed by atoms with E-state index in [2.05, 4.69) is 15.0 Å². The molecule has 0 aromatic carbocycles. The van der Waals surface area contributed by atoms with Crippen molar-refractivity contribution >= 4 is 35.2 Å². The van der Waals surface area contributed by atoms with Crippen LogP contribution in [0.1, 0.15) is 0 Å². The number of hydrogen-bond acceptors (Lipinski definition) is 5. The Morgan fingerprint density at radius 1 is 1.38 bits per heavy atom. The average Bonchev–Trinajstić information content (AvgIpc) is 2.47. The summed E-state index contributed by atoms with van der Waals surface area (Å²) in [6.45, 7) is 0.382. The Labute approximate surface area is 80.0 Å². The van der Waals surface area contributed by atoms with Gasteiger partial charge in [0.25, 0.3) is 0 Å². The van der Waals surface area contributed by atoms with Crippen LogP contribution in [0.3, 0.4) is 0 Å². The molecule has 0 radical (unpaired) electrons. The Bertz CT molecular complexity index is 401. The van der Waals surface area contributed by atoms with Gasteiger partial charge in [0.2, 0.25) is 5.96 Å². The topological polar surface area (TPSA) is 89.1 Å². The lowest BCUT2D eigenvalue weighted by Crippen LogP contribution is -2.22. The standard InChI is InChI=1S/C7H7N5S/c8-1-3-2-10-5-4(3)6(13)12-7(9)11-5/h2H,1,8H2,(H2,9,12,13). The molecule has 2 heterocycles. The van der Waals surface area contributed by atoms with E-state index >= 15 is 0 Å². The minimum Gasteiger partial charge on any atom is -0.368 e. The van der Waals surface area contributed by atoms with Crippen molar-refractivity contribution in [3.8, 4) is 0 Å². The second-order valence-electron chi connectivity index (χ2n) is 2.57. The lowest BCUT2D eigenvalue weighted by molar-refractivity contribution is 1.21. The molecule has 0 aromatic rings. The van der Waals surface area contributed by atoms with E-state index in [9.17, 15) is 0 Å². The fourth-order valence-electron chi connectivity index (χ4n) is 1.18. The van der Waals surface area contributed by atoms with E-state index in [1.807, 2.05) is 0 Å². The van der Waals surface area contributed by atoms with Crippen LogP contribution in [0.5, 0.6) is 0 Å². The zero-order chi connectivity index (χ0) is 9.42. The van der Waals surface area contributed by atoms with Crippen LogP contribution in [0.25, 0.3) is 0 Å². The molecule has 0 bridgehead atoms. The van der Waals surface area contributed by atoms with Crippen LogP contribution in [0, 0.1) is 0 Å². The quantitative estimate of drug-likeness (QED) is 0.544. The average molecular weight is 193 g/mol. The van der Waals surface area contributed by atoms with Gasteiger partial charge < -0.3 is 11.5 Å². The van der Waals surface area contributed by atoms with Crippen molar-refractivity contribution in [3.05, 3.63) is 11.1 Å². The van der Waals surface area contributed by atoms with Gasteiger partial charge in [-0.1, -0.05) is 12.2 Å². The highest BCUT2D eigenvalue weighted by Gasteiger charge is 2.24. The van der Waals surface area contributed by atoms with Gasteiger partial charge in [-0.25, -0.2) is 9.98 Å². The molecule has 0 saturated heterocycles. The highest BCUT2D eigenvalue weighted by Crippen LogP contribution is 2.18. The molecule has 5 nitrogen and oxygen atoms in total. The predicted octanol–water partition coefficient (Wildman–Crippen LogP) is -0.620. The molecule has 0 amide bonds. The predicted molar refractivity (Wildman–Crippen MR) is 56.2 cm³/mol. The zero-order valence-corrected chi connectivity index (χ0v) is 7.51. The Morgan fingerprint density at radius 3 is 2.85 bits per heavy atom. The highest BCUT2D eigenvalue weighted by atomic mass is 32.1. The van der Waals surface area contributed by atoms with Gasteiger partial charge in [-0.05, 0) is 5.57 Å². The third-order valence-electron chi connectivity index (χ3n) is 1.76. The second kappa shape index (κ2) is 2.82. The Hall–Kier alpha value is -1.40. The maximum Gasteiger partial charge on any atom is 0.223 e. The van der Waals surface area contributed by atoms with E-state index in [-0.39, 0.29) is 5.96 Å². The third kappa shape index (κ3) is 1.20. The first kappa shape index (κ1) is 8.21. The molecule has 0 spiro atoms. The normalized spacial score (nSPS) is 20.2. The van der Waals surface area contributed by atoms with Crippen LogP contribution < -0.4 is 11.5 Å². The molecule has 2 aliphatic rings. The summed E-state index contributed by atoms with van der Waals surface area (Å²) in [7, 11) is 0. The monoisotopic (exact) mass is 193 g/mol. The van der Waals surface area contributed by atoms with E-state index in [0.717, 1.165) is 11.1 Å². The molecule has 2 rings (SSSR count). The van der Waals surface area contributed by atoms with Crippen molar-refractivity contribution < 1.29 is 0 Å². The number of aliphatic imine (C=N–C) groups is 3. The molecule has 13 heavy (non-hydrogen) atoms. The minimum atomic E-state index is 0.152. The minimum absolute atomic E-state index is 0.152. The summed E-state index contributed by atoms with van der Waals surface area (Å²) in [5.41, 5.74) is 12.5. The van der Waals surface area contributed by atoms with E-state index in [0.29, 0.717) is 17.4 Å². The van der Waals surface area contributed by atoms with Crippen molar-refractivity contribution in [2.24, 2.45) is 26.4 Å². The van der Waals surface area contributed by atoms with Crippen molar-refractivity contribution in [2.45, 2.75) is 0 Å². The van der Waals surface area contributed by atoms with Crippen LogP contribution in [-0.2, 0) is 0 Å². The second-order valence-corrected chi connectivity index (χ2v) is 2.96. The summed E-state index contributed by atoms with van der Waals surface area (Å²) in [5, 5.41) is 0. The SMILES string of the molecule is NCC1=C2C(=S)N=C(N)N=C2N=C1. The molecule has 0 aromatic heterocycles. The lowest BCUT2D eigenvalue weighted by Gasteiger charge is -2.08. The third-order valence-corrected chi connectivity index (χ3v) is 2.05. The summed E-state index contributed by atoms with van der Waals surface area (Å²) in [4.78, 5) is 12.3. The maximum atomic E-state index is 5.49. The lowest BCUT2D eigenvalue weighted by atomic mass is 10.1. The number of rotatable bonds is 1. The van der Waals surface area contributed by atoms with Gasteiger partial charge in [-0.2, -0.15) is 4.99 Å². The molecule has 6 heteroatoms. The Balaban J connectivity index is 2.54. The highest BCUT2D eigenvalue weighted by molar-refractivity contribution is 7.81. The van der Waals surface area contributed by atoms with Crippen LogP contribution in [0.15, 0.2) is 26.1 Å². The largest absolute Gasteiger partial charge is 0.368 e. The number of nitrogens with two attached hydrogens (primary N) is 2. The zero-order valence-electron chi connectivity index (χ0n) is 6.69. The molecule has 0 saturated carbocycles. The number of fused-ring (bicyclic) bond motifs is 1. The number of thiocarbonyl (C=S) groups is 1. The Morgan fingerprint density at radius 2 is 2.15 bits per heavy atom. The fourth-order valence-corrected chi connectivity index (χ4v) is 1.49. The summed E-state index contributed by atoms with van der Waals surface area (Å²) < 4.78 is 0. The first-order valence-corrected chi connectivity index (χ1v) is 4.08. The molecule has 0 aliphatic carbocycles. The van der Waals surface area contributed by atoms with E-state index < -0.39 is 0 Å². The van der Waals surface area contributed by atoms with Crippen LogP contribution >= 0.6 is 12.2 Å². The molecule has 66 valence electrons. The van der Waals surface area contributed by atoms with Gasteiger partial charge in [-0.3, -0.25) is 0 Å². The number of nitrogens with zero attached hydrogens (tertiary/aromatic N) is 3. The van der Waals surface area contributed by atoms with E-state index in [4.69, 9.17) is 23.7 Å². The number of hydrogen-bond donors (Lipinski definition) is 2. The van der Waals surface area contributed by atoms with E-state index in [1.54, 1.807) is 6.21 Å². The number of guanidine groups is 1. The van der Waals surface area contributed by atoms with Crippen LogP contribution in [0.2, 0.25) is 0 Å². The summed E-state index contributed by atoms with van der Waals surface area (Å²) in [5.74, 6) is 0.678. The van der Waals surface area contributed by atoms with Gasteiger partial charge in [0.1, 0.15) is 4.99 Å². The van der Waals surface area contributed by atoms with Crippen molar-refractivity contribution in [3.63, 3.8) is 0 Å². The van der Waals surface area contributed by atoms with Crippen molar-refractivity contribution in [1.29, 1.82) is 0 Å². The van der Waals surface area contributed by atoms with Crippen molar-refractivity contribution in [2.75, 3.05) is 6.54 Å².